The monoisotopic (exact) mass is 251 g/mol. The van der Waals surface area contributed by atoms with Crippen molar-refractivity contribution in [3.05, 3.63) is 35.9 Å². The van der Waals surface area contributed by atoms with E-state index in [9.17, 15) is 9.90 Å². The molecule has 0 aliphatic heterocycles. The Kier molecular flexibility index (Phi) is 3.74. The topological polar surface area (TPSA) is 63.3 Å². The Morgan fingerprint density at radius 2 is 2.06 bits per heavy atom. The van der Waals surface area contributed by atoms with Crippen molar-refractivity contribution in [3.63, 3.8) is 0 Å². The summed E-state index contributed by atoms with van der Waals surface area (Å²) in [5, 5.41) is 9.20. The third-order valence-electron chi connectivity index (χ3n) is 3.16. The van der Waals surface area contributed by atoms with E-state index in [-0.39, 0.29) is 5.92 Å². The van der Waals surface area contributed by atoms with Crippen molar-refractivity contribution in [1.29, 1.82) is 0 Å². The van der Waals surface area contributed by atoms with E-state index in [1.54, 1.807) is 11.8 Å². The van der Waals surface area contributed by atoms with E-state index in [1.165, 1.54) is 5.56 Å². The maximum Gasteiger partial charge on any atom is 0.324 e. The van der Waals surface area contributed by atoms with Gasteiger partial charge in [0, 0.05) is 11.5 Å². The fourth-order valence-corrected chi connectivity index (χ4v) is 3.09. The number of benzene rings is 1. The first-order valence-corrected chi connectivity index (χ1v) is 6.92. The molecule has 0 saturated heterocycles. The van der Waals surface area contributed by atoms with Crippen LogP contribution in [0.25, 0.3) is 0 Å². The van der Waals surface area contributed by atoms with Crippen LogP contribution in [0.3, 0.4) is 0 Å². The molecule has 1 aliphatic rings. The minimum Gasteiger partial charge on any atom is -0.480 e. The lowest BCUT2D eigenvalue weighted by molar-refractivity contribution is -0.143. The lowest BCUT2D eigenvalue weighted by Gasteiger charge is -2.23. The van der Waals surface area contributed by atoms with Crippen LogP contribution in [-0.2, 0) is 10.5 Å². The highest BCUT2D eigenvalue weighted by atomic mass is 32.2. The Bertz CT molecular complexity index is 392. The van der Waals surface area contributed by atoms with Crippen LogP contribution in [0.15, 0.2) is 30.3 Å². The van der Waals surface area contributed by atoms with Crippen molar-refractivity contribution < 1.29 is 9.90 Å². The average molecular weight is 251 g/mol. The van der Waals surface area contributed by atoms with Gasteiger partial charge in [-0.3, -0.25) is 4.79 Å². The first-order chi connectivity index (χ1) is 8.13. The average Bonchev–Trinajstić information content (AvgIpc) is 3.14. The van der Waals surface area contributed by atoms with E-state index < -0.39 is 11.5 Å². The predicted molar refractivity (Wildman–Crippen MR) is 69.9 cm³/mol. The molecule has 1 unspecified atom stereocenters. The van der Waals surface area contributed by atoms with Crippen LogP contribution in [-0.4, -0.2) is 22.4 Å². The van der Waals surface area contributed by atoms with E-state index in [0.717, 1.165) is 18.6 Å². The molecule has 0 bridgehead atoms. The SMILES string of the molecule is NC(CSCc1ccccc1)(C(=O)O)C1CC1. The summed E-state index contributed by atoms with van der Waals surface area (Å²) in [7, 11) is 0. The van der Waals surface area contributed by atoms with Crippen molar-refractivity contribution in [3.8, 4) is 0 Å². The van der Waals surface area contributed by atoms with Crippen LogP contribution in [0.4, 0.5) is 0 Å². The summed E-state index contributed by atoms with van der Waals surface area (Å²) in [6.07, 6.45) is 1.91. The van der Waals surface area contributed by atoms with E-state index in [0.29, 0.717) is 5.75 Å². The van der Waals surface area contributed by atoms with Gasteiger partial charge >= 0.3 is 5.97 Å². The van der Waals surface area contributed by atoms with E-state index >= 15 is 0 Å². The van der Waals surface area contributed by atoms with Gasteiger partial charge in [0.25, 0.3) is 0 Å². The van der Waals surface area contributed by atoms with Crippen LogP contribution in [0.1, 0.15) is 18.4 Å². The number of carboxylic acids is 1. The van der Waals surface area contributed by atoms with Crippen molar-refractivity contribution >= 4 is 17.7 Å². The second kappa shape index (κ2) is 5.10. The minimum atomic E-state index is -1.03. The van der Waals surface area contributed by atoms with Crippen LogP contribution < -0.4 is 5.73 Å². The summed E-state index contributed by atoms with van der Waals surface area (Å²) >= 11 is 1.60. The Morgan fingerprint density at radius 1 is 1.41 bits per heavy atom. The van der Waals surface area contributed by atoms with Gasteiger partial charge in [-0.1, -0.05) is 30.3 Å². The molecule has 0 amide bonds. The van der Waals surface area contributed by atoms with E-state index in [2.05, 4.69) is 0 Å². The van der Waals surface area contributed by atoms with Crippen molar-refractivity contribution in [1.82, 2.24) is 0 Å². The fourth-order valence-electron chi connectivity index (χ4n) is 1.86. The standard InChI is InChI=1S/C13H17NO2S/c14-13(12(15)16,11-6-7-11)9-17-8-10-4-2-1-3-5-10/h1-5,11H,6-9,14H2,(H,15,16). The Morgan fingerprint density at radius 3 is 2.59 bits per heavy atom. The summed E-state index contributed by atoms with van der Waals surface area (Å²) in [4.78, 5) is 11.2. The minimum absolute atomic E-state index is 0.170. The second-order valence-electron chi connectivity index (χ2n) is 4.60. The first kappa shape index (κ1) is 12.5. The molecule has 0 spiro atoms. The number of carbonyl (C=O) groups is 1. The van der Waals surface area contributed by atoms with Crippen molar-refractivity contribution in [2.45, 2.75) is 24.1 Å². The summed E-state index contributed by atoms with van der Waals surface area (Å²) in [5.41, 5.74) is 6.17. The fraction of sp³-hybridized carbons (Fsp3) is 0.462. The van der Waals surface area contributed by atoms with Crippen LogP contribution >= 0.6 is 11.8 Å². The quantitative estimate of drug-likeness (QED) is 0.813. The number of aliphatic carboxylic acids is 1. The van der Waals surface area contributed by atoms with Gasteiger partial charge in [0.05, 0.1) is 0 Å². The molecule has 17 heavy (non-hydrogen) atoms. The molecular weight excluding hydrogens is 234 g/mol. The molecule has 0 heterocycles. The van der Waals surface area contributed by atoms with Crippen LogP contribution in [0, 0.1) is 5.92 Å². The molecule has 1 aromatic carbocycles. The number of nitrogens with two attached hydrogens (primary N) is 1. The molecular formula is C13H17NO2S. The van der Waals surface area contributed by atoms with Gasteiger partial charge in [-0.15, -0.1) is 0 Å². The number of hydrogen-bond acceptors (Lipinski definition) is 3. The molecule has 2 rings (SSSR count). The molecule has 1 atom stereocenters. The molecule has 3 N–H and O–H groups in total. The maximum absolute atomic E-state index is 11.2. The molecule has 4 heteroatoms. The Labute approximate surface area is 105 Å². The number of rotatable bonds is 6. The third kappa shape index (κ3) is 3.01. The van der Waals surface area contributed by atoms with Gasteiger partial charge in [0.1, 0.15) is 5.54 Å². The summed E-state index contributed by atoms with van der Waals surface area (Å²) in [5.74, 6) is 0.616. The van der Waals surface area contributed by atoms with Crippen LogP contribution in [0.5, 0.6) is 0 Å². The number of thioether (sulfide) groups is 1. The van der Waals surface area contributed by atoms with Crippen LogP contribution in [0.2, 0.25) is 0 Å². The zero-order chi connectivity index (χ0) is 12.3. The Balaban J connectivity index is 1.86. The van der Waals surface area contributed by atoms with E-state index in [1.807, 2.05) is 30.3 Å². The highest BCUT2D eigenvalue weighted by Crippen LogP contribution is 2.40. The number of hydrogen-bond donors (Lipinski definition) is 2. The summed E-state index contributed by atoms with van der Waals surface area (Å²) in [6.45, 7) is 0. The van der Waals surface area contributed by atoms with Crippen molar-refractivity contribution in [2.75, 3.05) is 5.75 Å². The normalized spacial score (nSPS) is 18.6. The van der Waals surface area contributed by atoms with Gasteiger partial charge < -0.3 is 10.8 Å². The zero-order valence-electron chi connectivity index (χ0n) is 9.63. The maximum atomic E-state index is 11.2. The molecule has 92 valence electrons. The largest absolute Gasteiger partial charge is 0.480 e. The highest BCUT2D eigenvalue weighted by Gasteiger charge is 2.47. The second-order valence-corrected chi connectivity index (χ2v) is 5.58. The van der Waals surface area contributed by atoms with Gasteiger partial charge in [0.2, 0.25) is 0 Å². The van der Waals surface area contributed by atoms with Gasteiger partial charge in [-0.25, -0.2) is 0 Å². The molecule has 3 nitrogen and oxygen atoms in total. The lowest BCUT2D eigenvalue weighted by Crippen LogP contribution is -2.52. The molecule has 0 radical (unpaired) electrons. The van der Waals surface area contributed by atoms with Gasteiger partial charge in [-0.05, 0) is 24.3 Å². The highest BCUT2D eigenvalue weighted by molar-refractivity contribution is 7.98. The summed E-state index contributed by atoms with van der Waals surface area (Å²) < 4.78 is 0. The first-order valence-electron chi connectivity index (χ1n) is 5.77. The smallest absolute Gasteiger partial charge is 0.324 e. The Hall–Kier alpha value is -1.00. The summed E-state index contributed by atoms with van der Waals surface area (Å²) in [6, 6.07) is 10.0. The van der Waals surface area contributed by atoms with Gasteiger partial charge in [0.15, 0.2) is 0 Å². The predicted octanol–water partition coefficient (Wildman–Crippen LogP) is 2.11. The zero-order valence-corrected chi connectivity index (χ0v) is 10.5. The molecule has 1 fully saturated rings. The third-order valence-corrected chi connectivity index (χ3v) is 4.38. The van der Waals surface area contributed by atoms with Crippen molar-refractivity contribution in [2.24, 2.45) is 11.7 Å². The number of carboxylic acid groups (broad SMARTS) is 1. The lowest BCUT2D eigenvalue weighted by atomic mass is 9.98. The molecule has 1 aliphatic carbocycles. The van der Waals surface area contributed by atoms with Gasteiger partial charge in [-0.2, -0.15) is 11.8 Å². The molecule has 0 aromatic heterocycles. The molecule has 1 aromatic rings. The van der Waals surface area contributed by atoms with E-state index in [4.69, 9.17) is 5.73 Å². The molecule has 1 saturated carbocycles.